The minimum atomic E-state index is 0. The van der Waals surface area contributed by atoms with E-state index in [2.05, 4.69) is 41.0 Å². The maximum absolute atomic E-state index is 5.80. The van der Waals surface area contributed by atoms with Crippen molar-refractivity contribution in [2.45, 2.75) is 20.3 Å². The standard InChI is InChI=1S/C13H29N5.HI/c1-12(2)11-16-13(14)15-5-8-18-7-4-6-17(3)9-10-18;/h12H,4-11H2,1-3H3,(H3,14,15,16);1H. The molecule has 0 aromatic carbocycles. The molecular weight excluding hydrogens is 353 g/mol. The van der Waals surface area contributed by atoms with Crippen molar-refractivity contribution in [3.63, 3.8) is 0 Å². The van der Waals surface area contributed by atoms with Gasteiger partial charge in [-0.1, -0.05) is 13.8 Å². The highest BCUT2D eigenvalue weighted by Gasteiger charge is 2.11. The van der Waals surface area contributed by atoms with E-state index in [1.165, 1.54) is 19.5 Å². The van der Waals surface area contributed by atoms with Gasteiger partial charge in [-0.2, -0.15) is 0 Å². The molecule has 1 aliphatic heterocycles. The Labute approximate surface area is 135 Å². The molecule has 6 heteroatoms. The monoisotopic (exact) mass is 383 g/mol. The van der Waals surface area contributed by atoms with Gasteiger partial charge in [-0.05, 0) is 32.5 Å². The number of nitrogens with one attached hydrogen (secondary N) is 1. The fourth-order valence-electron chi connectivity index (χ4n) is 2.00. The molecule has 114 valence electrons. The predicted octanol–water partition coefficient (Wildman–Crippen LogP) is 0.802. The molecule has 5 nitrogen and oxygen atoms in total. The summed E-state index contributed by atoms with van der Waals surface area (Å²) >= 11 is 0. The molecule has 1 heterocycles. The van der Waals surface area contributed by atoms with Gasteiger partial charge in [-0.3, -0.25) is 4.99 Å². The van der Waals surface area contributed by atoms with E-state index in [1.54, 1.807) is 0 Å². The van der Waals surface area contributed by atoms with Crippen LogP contribution < -0.4 is 11.1 Å². The Kier molecular flexibility index (Phi) is 10.6. The van der Waals surface area contributed by atoms with Gasteiger partial charge in [-0.25, -0.2) is 0 Å². The highest BCUT2D eigenvalue weighted by atomic mass is 127. The predicted molar refractivity (Wildman–Crippen MR) is 93.3 cm³/mol. The Morgan fingerprint density at radius 2 is 2.00 bits per heavy atom. The SMILES string of the molecule is CC(C)CN=C(N)NCCN1CCCN(C)CC1.I. The van der Waals surface area contributed by atoms with Gasteiger partial charge in [0.05, 0.1) is 0 Å². The smallest absolute Gasteiger partial charge is 0.188 e. The summed E-state index contributed by atoms with van der Waals surface area (Å²) in [7, 11) is 2.19. The molecule has 0 unspecified atom stereocenters. The zero-order chi connectivity index (χ0) is 13.4. The largest absolute Gasteiger partial charge is 0.370 e. The van der Waals surface area contributed by atoms with Crippen LogP contribution in [0.5, 0.6) is 0 Å². The molecule has 1 fully saturated rings. The van der Waals surface area contributed by atoms with Crippen LogP contribution in [0.4, 0.5) is 0 Å². The molecule has 0 spiro atoms. The van der Waals surface area contributed by atoms with Crippen LogP contribution in [0.25, 0.3) is 0 Å². The van der Waals surface area contributed by atoms with Crippen LogP contribution in [-0.4, -0.2) is 68.6 Å². The molecule has 1 saturated heterocycles. The zero-order valence-electron chi connectivity index (χ0n) is 12.6. The fraction of sp³-hybridized carbons (Fsp3) is 0.923. The quantitative estimate of drug-likeness (QED) is 0.419. The second-order valence-corrected chi connectivity index (χ2v) is 5.55. The first-order valence-corrected chi connectivity index (χ1v) is 7.02. The summed E-state index contributed by atoms with van der Waals surface area (Å²) in [6, 6.07) is 0. The third-order valence-corrected chi connectivity index (χ3v) is 3.17. The van der Waals surface area contributed by atoms with Crippen molar-refractivity contribution in [2.24, 2.45) is 16.6 Å². The van der Waals surface area contributed by atoms with E-state index >= 15 is 0 Å². The lowest BCUT2D eigenvalue weighted by atomic mass is 10.2. The van der Waals surface area contributed by atoms with E-state index in [9.17, 15) is 0 Å². The number of guanidine groups is 1. The van der Waals surface area contributed by atoms with Crippen molar-refractivity contribution < 1.29 is 0 Å². The molecule has 0 aromatic heterocycles. The van der Waals surface area contributed by atoms with E-state index in [4.69, 9.17) is 5.73 Å². The maximum Gasteiger partial charge on any atom is 0.188 e. The Balaban J connectivity index is 0.00000324. The van der Waals surface area contributed by atoms with E-state index in [-0.39, 0.29) is 24.0 Å². The molecule has 1 aliphatic rings. The zero-order valence-corrected chi connectivity index (χ0v) is 14.9. The summed E-state index contributed by atoms with van der Waals surface area (Å²) < 4.78 is 0. The number of hydrogen-bond acceptors (Lipinski definition) is 3. The lowest BCUT2D eigenvalue weighted by Gasteiger charge is -2.20. The molecule has 0 aliphatic carbocycles. The first-order chi connectivity index (χ1) is 8.58. The van der Waals surface area contributed by atoms with Crippen LogP contribution in [-0.2, 0) is 0 Å². The lowest BCUT2D eigenvalue weighted by Crippen LogP contribution is -2.39. The van der Waals surface area contributed by atoms with Crippen molar-refractivity contribution in [1.82, 2.24) is 15.1 Å². The summed E-state index contributed by atoms with van der Waals surface area (Å²) in [6.45, 7) is 11.7. The Morgan fingerprint density at radius 3 is 2.68 bits per heavy atom. The van der Waals surface area contributed by atoms with Gasteiger partial charge in [0.2, 0.25) is 0 Å². The molecule has 0 radical (unpaired) electrons. The maximum atomic E-state index is 5.80. The van der Waals surface area contributed by atoms with Crippen molar-refractivity contribution in [2.75, 3.05) is 52.9 Å². The van der Waals surface area contributed by atoms with Crippen molar-refractivity contribution in [3.05, 3.63) is 0 Å². The van der Waals surface area contributed by atoms with Gasteiger partial charge in [-0.15, -0.1) is 24.0 Å². The summed E-state index contributed by atoms with van der Waals surface area (Å²) in [6.07, 6.45) is 1.26. The van der Waals surface area contributed by atoms with Crippen LogP contribution in [0.1, 0.15) is 20.3 Å². The molecular formula is C13H30IN5. The van der Waals surface area contributed by atoms with Gasteiger partial charge in [0.25, 0.3) is 0 Å². The average Bonchev–Trinajstić information content (AvgIpc) is 2.52. The van der Waals surface area contributed by atoms with Crippen LogP contribution in [0.2, 0.25) is 0 Å². The summed E-state index contributed by atoms with van der Waals surface area (Å²) in [5.74, 6) is 1.14. The van der Waals surface area contributed by atoms with Crippen LogP contribution >= 0.6 is 24.0 Å². The Morgan fingerprint density at radius 1 is 1.26 bits per heavy atom. The molecule has 0 saturated carbocycles. The first-order valence-electron chi connectivity index (χ1n) is 7.02. The Hall–Kier alpha value is -0.0800. The molecule has 19 heavy (non-hydrogen) atoms. The number of nitrogens with two attached hydrogens (primary N) is 1. The molecule has 1 rings (SSSR count). The van der Waals surface area contributed by atoms with Gasteiger partial charge >= 0.3 is 0 Å². The van der Waals surface area contributed by atoms with Crippen molar-refractivity contribution in [3.8, 4) is 0 Å². The number of likely N-dealkylation sites (N-methyl/N-ethyl adjacent to an activating group) is 1. The van der Waals surface area contributed by atoms with Gasteiger partial charge < -0.3 is 20.9 Å². The topological polar surface area (TPSA) is 56.9 Å². The summed E-state index contributed by atoms with van der Waals surface area (Å²) in [5, 5.41) is 3.19. The van der Waals surface area contributed by atoms with Gasteiger partial charge in [0.1, 0.15) is 0 Å². The first kappa shape index (κ1) is 18.9. The van der Waals surface area contributed by atoms with Crippen LogP contribution in [0, 0.1) is 5.92 Å². The molecule has 0 aromatic rings. The van der Waals surface area contributed by atoms with E-state index < -0.39 is 0 Å². The molecule has 0 amide bonds. The lowest BCUT2D eigenvalue weighted by molar-refractivity contribution is 0.280. The van der Waals surface area contributed by atoms with E-state index in [0.717, 1.165) is 32.7 Å². The van der Waals surface area contributed by atoms with Crippen LogP contribution in [0.3, 0.4) is 0 Å². The minimum Gasteiger partial charge on any atom is -0.370 e. The normalized spacial score (nSPS) is 19.1. The minimum absolute atomic E-state index is 0. The second-order valence-electron chi connectivity index (χ2n) is 5.55. The highest BCUT2D eigenvalue weighted by molar-refractivity contribution is 14.0. The molecule has 3 N–H and O–H groups in total. The number of rotatable bonds is 5. The highest BCUT2D eigenvalue weighted by Crippen LogP contribution is 1.99. The average molecular weight is 383 g/mol. The van der Waals surface area contributed by atoms with Crippen LogP contribution in [0.15, 0.2) is 4.99 Å². The second kappa shape index (κ2) is 10.7. The van der Waals surface area contributed by atoms with Crippen molar-refractivity contribution >= 4 is 29.9 Å². The number of nitrogens with zero attached hydrogens (tertiary/aromatic N) is 3. The molecule has 0 bridgehead atoms. The third-order valence-electron chi connectivity index (χ3n) is 3.17. The Bertz CT molecular complexity index is 257. The number of aliphatic imine (C=N–C) groups is 1. The van der Waals surface area contributed by atoms with E-state index in [1.807, 2.05) is 0 Å². The van der Waals surface area contributed by atoms with Gasteiger partial charge in [0, 0.05) is 32.7 Å². The van der Waals surface area contributed by atoms with E-state index in [0.29, 0.717) is 11.9 Å². The third kappa shape index (κ3) is 9.45. The summed E-state index contributed by atoms with van der Waals surface area (Å²) in [5.41, 5.74) is 5.80. The number of hydrogen-bond donors (Lipinski definition) is 2. The van der Waals surface area contributed by atoms with Gasteiger partial charge in [0.15, 0.2) is 5.96 Å². The molecule has 0 atom stereocenters. The summed E-state index contributed by atoms with van der Waals surface area (Å²) in [4.78, 5) is 9.18. The fourth-order valence-corrected chi connectivity index (χ4v) is 2.00. The number of halogens is 1. The van der Waals surface area contributed by atoms with Crippen molar-refractivity contribution in [1.29, 1.82) is 0 Å².